The van der Waals surface area contributed by atoms with Crippen molar-refractivity contribution >= 4 is 6.03 Å². The maximum atomic E-state index is 10.5. The predicted molar refractivity (Wildman–Crippen MR) is 40.0 cm³/mol. The van der Waals surface area contributed by atoms with Crippen molar-refractivity contribution in [1.82, 2.24) is 5.06 Å². The molecule has 2 amide bonds. The molecule has 0 heterocycles. The van der Waals surface area contributed by atoms with Gasteiger partial charge >= 0.3 is 6.03 Å². The third-order valence-corrected chi connectivity index (χ3v) is 2.44. The first-order valence-corrected chi connectivity index (χ1v) is 3.90. The highest BCUT2D eigenvalue weighted by Gasteiger charge is 2.29. The Labute approximate surface area is 65.9 Å². The van der Waals surface area contributed by atoms with Gasteiger partial charge in [0.1, 0.15) is 0 Å². The number of urea groups is 1. The number of primary amides is 1. The molecule has 0 aromatic heterocycles. The Morgan fingerprint density at radius 2 is 2.27 bits per heavy atom. The fourth-order valence-corrected chi connectivity index (χ4v) is 1.32. The smallest absolute Gasteiger partial charge is 0.338 e. The molecule has 0 aromatic rings. The molecule has 1 fully saturated rings. The summed E-state index contributed by atoms with van der Waals surface area (Å²) in [6.07, 6.45) is 3.37. The van der Waals surface area contributed by atoms with E-state index in [1.807, 2.05) is 6.92 Å². The summed E-state index contributed by atoms with van der Waals surface area (Å²) in [6, 6.07) is -0.884. The van der Waals surface area contributed by atoms with E-state index < -0.39 is 6.03 Å². The lowest BCUT2D eigenvalue weighted by atomic mass is 9.80. The molecule has 1 unspecified atom stereocenters. The molecule has 0 radical (unpaired) electrons. The zero-order chi connectivity index (χ0) is 8.43. The standard InChI is InChI=1S/C7H14N2O2/c1-5(6-3-2-4-6)9(11)7(8)10/h5-6,11H,2-4H2,1H3,(H2,8,10). The van der Waals surface area contributed by atoms with Crippen LogP contribution in [0.1, 0.15) is 26.2 Å². The van der Waals surface area contributed by atoms with Crippen molar-refractivity contribution in [3.05, 3.63) is 0 Å². The highest BCUT2D eigenvalue weighted by Crippen LogP contribution is 2.31. The lowest BCUT2D eigenvalue weighted by molar-refractivity contribution is -0.0950. The first-order valence-electron chi connectivity index (χ1n) is 3.90. The second-order valence-electron chi connectivity index (χ2n) is 3.11. The Morgan fingerprint density at radius 3 is 2.55 bits per heavy atom. The quantitative estimate of drug-likeness (QED) is 0.464. The summed E-state index contributed by atoms with van der Waals surface area (Å²) in [5.41, 5.74) is 4.89. The Balaban J connectivity index is 2.38. The van der Waals surface area contributed by atoms with Gasteiger partial charge in [0, 0.05) is 0 Å². The van der Waals surface area contributed by atoms with Gasteiger partial charge in [0.25, 0.3) is 0 Å². The van der Waals surface area contributed by atoms with Gasteiger partial charge in [0.15, 0.2) is 0 Å². The van der Waals surface area contributed by atoms with Crippen molar-refractivity contribution in [2.75, 3.05) is 0 Å². The van der Waals surface area contributed by atoms with Crippen LogP contribution < -0.4 is 5.73 Å². The van der Waals surface area contributed by atoms with Crippen LogP contribution in [0.15, 0.2) is 0 Å². The summed E-state index contributed by atoms with van der Waals surface area (Å²) >= 11 is 0. The normalized spacial score (nSPS) is 20.5. The van der Waals surface area contributed by atoms with Crippen LogP contribution >= 0.6 is 0 Å². The van der Waals surface area contributed by atoms with E-state index >= 15 is 0 Å². The van der Waals surface area contributed by atoms with Gasteiger partial charge in [-0.1, -0.05) is 6.42 Å². The van der Waals surface area contributed by atoms with E-state index in [1.54, 1.807) is 0 Å². The number of hydrogen-bond acceptors (Lipinski definition) is 2. The van der Waals surface area contributed by atoms with Gasteiger partial charge in [-0.2, -0.15) is 0 Å². The van der Waals surface area contributed by atoms with Crippen LogP contribution in [0.3, 0.4) is 0 Å². The number of rotatable bonds is 2. The second kappa shape index (κ2) is 3.09. The lowest BCUT2D eigenvalue weighted by Crippen LogP contribution is -2.45. The molecule has 1 atom stereocenters. The zero-order valence-electron chi connectivity index (χ0n) is 6.66. The van der Waals surface area contributed by atoms with Gasteiger partial charge < -0.3 is 5.73 Å². The van der Waals surface area contributed by atoms with Crippen molar-refractivity contribution in [3.63, 3.8) is 0 Å². The molecule has 0 saturated heterocycles. The minimum absolute atomic E-state index is 0.124. The molecule has 11 heavy (non-hydrogen) atoms. The molecule has 0 spiro atoms. The average Bonchev–Trinajstić information content (AvgIpc) is 1.82. The third-order valence-electron chi connectivity index (χ3n) is 2.44. The molecule has 0 aromatic carbocycles. The van der Waals surface area contributed by atoms with Gasteiger partial charge in [-0.15, -0.1) is 0 Å². The Kier molecular flexibility index (Phi) is 2.34. The number of hydrogen-bond donors (Lipinski definition) is 2. The van der Waals surface area contributed by atoms with E-state index in [0.717, 1.165) is 12.8 Å². The summed E-state index contributed by atoms with van der Waals surface area (Å²) < 4.78 is 0. The number of amides is 2. The SMILES string of the molecule is CC(C1CCC1)N(O)C(N)=O. The molecular formula is C7H14N2O2. The average molecular weight is 158 g/mol. The molecule has 0 bridgehead atoms. The number of carbonyl (C=O) groups excluding carboxylic acids is 1. The molecule has 1 aliphatic rings. The zero-order valence-corrected chi connectivity index (χ0v) is 6.66. The molecule has 0 aliphatic heterocycles. The highest BCUT2D eigenvalue weighted by atomic mass is 16.5. The summed E-state index contributed by atoms with van der Waals surface area (Å²) in [6.45, 7) is 1.81. The molecule has 1 saturated carbocycles. The van der Waals surface area contributed by atoms with E-state index in [2.05, 4.69) is 0 Å². The van der Waals surface area contributed by atoms with Gasteiger partial charge in [-0.25, -0.2) is 9.86 Å². The maximum Gasteiger partial charge on any atom is 0.338 e. The number of nitrogens with zero attached hydrogens (tertiary/aromatic N) is 1. The molecule has 4 nitrogen and oxygen atoms in total. The Hall–Kier alpha value is -0.770. The molecule has 3 N–H and O–H groups in total. The van der Waals surface area contributed by atoms with E-state index in [-0.39, 0.29) is 6.04 Å². The van der Waals surface area contributed by atoms with Crippen molar-refractivity contribution in [3.8, 4) is 0 Å². The summed E-state index contributed by atoms with van der Waals surface area (Å²) in [5.74, 6) is 0.437. The van der Waals surface area contributed by atoms with Crippen LogP contribution in [-0.4, -0.2) is 22.3 Å². The highest BCUT2D eigenvalue weighted by molar-refractivity contribution is 5.70. The van der Waals surface area contributed by atoms with Crippen molar-refractivity contribution in [2.24, 2.45) is 11.7 Å². The van der Waals surface area contributed by atoms with Crippen molar-refractivity contribution < 1.29 is 10.0 Å². The fourth-order valence-electron chi connectivity index (χ4n) is 1.32. The summed E-state index contributed by atoms with van der Waals surface area (Å²) in [4.78, 5) is 10.5. The summed E-state index contributed by atoms with van der Waals surface area (Å²) in [7, 11) is 0. The molecular weight excluding hydrogens is 144 g/mol. The van der Waals surface area contributed by atoms with Crippen LogP contribution in [0.2, 0.25) is 0 Å². The third kappa shape index (κ3) is 1.63. The maximum absolute atomic E-state index is 10.5. The number of hydroxylamine groups is 2. The molecule has 4 heteroatoms. The topological polar surface area (TPSA) is 66.6 Å². The van der Waals surface area contributed by atoms with Crippen LogP contribution in [0, 0.1) is 5.92 Å². The van der Waals surface area contributed by atoms with Gasteiger partial charge in [0.05, 0.1) is 6.04 Å². The number of carbonyl (C=O) groups is 1. The van der Waals surface area contributed by atoms with Crippen LogP contribution in [0.25, 0.3) is 0 Å². The molecule has 1 rings (SSSR count). The minimum Gasteiger partial charge on any atom is -0.350 e. The van der Waals surface area contributed by atoms with E-state index in [1.165, 1.54) is 6.42 Å². The number of nitrogens with two attached hydrogens (primary N) is 1. The van der Waals surface area contributed by atoms with Crippen LogP contribution in [0.4, 0.5) is 4.79 Å². The van der Waals surface area contributed by atoms with Crippen molar-refractivity contribution in [2.45, 2.75) is 32.2 Å². The Morgan fingerprint density at radius 1 is 1.73 bits per heavy atom. The van der Waals surface area contributed by atoms with Gasteiger partial charge in [-0.05, 0) is 25.7 Å². The minimum atomic E-state index is -0.760. The predicted octanol–water partition coefficient (Wildman–Crippen LogP) is 0.945. The second-order valence-corrected chi connectivity index (χ2v) is 3.11. The molecule has 64 valence electrons. The van der Waals surface area contributed by atoms with Gasteiger partial charge in [0.2, 0.25) is 0 Å². The summed E-state index contributed by atoms with van der Waals surface area (Å²) in [5, 5.41) is 9.72. The monoisotopic (exact) mass is 158 g/mol. The molecule has 1 aliphatic carbocycles. The lowest BCUT2D eigenvalue weighted by Gasteiger charge is -2.34. The fraction of sp³-hybridized carbons (Fsp3) is 0.857. The van der Waals surface area contributed by atoms with Gasteiger partial charge in [-0.3, -0.25) is 5.21 Å². The van der Waals surface area contributed by atoms with E-state index in [4.69, 9.17) is 10.9 Å². The Bertz CT molecular complexity index is 157. The first kappa shape index (κ1) is 8.33. The largest absolute Gasteiger partial charge is 0.350 e. The first-order chi connectivity index (χ1) is 5.13. The van der Waals surface area contributed by atoms with E-state index in [9.17, 15) is 4.79 Å². The van der Waals surface area contributed by atoms with Crippen LogP contribution in [0.5, 0.6) is 0 Å². The van der Waals surface area contributed by atoms with E-state index in [0.29, 0.717) is 11.0 Å². The van der Waals surface area contributed by atoms with Crippen molar-refractivity contribution in [1.29, 1.82) is 0 Å². The van der Waals surface area contributed by atoms with Crippen LogP contribution in [-0.2, 0) is 0 Å².